The predicted octanol–water partition coefficient (Wildman–Crippen LogP) is 2.93. The Morgan fingerprint density at radius 1 is 0.889 bits per heavy atom. The Balaban J connectivity index is 2.66. The fourth-order valence-electron chi connectivity index (χ4n) is 1.06. The van der Waals surface area contributed by atoms with Gasteiger partial charge in [-0.25, -0.2) is 0 Å². The molecule has 2 heteroatoms. The molecule has 90 valence electrons. The van der Waals surface area contributed by atoms with Gasteiger partial charge in [-0.05, 0) is 47.9 Å². The van der Waals surface area contributed by atoms with Crippen LogP contribution in [0.15, 0.2) is 24.3 Å². The fraction of sp³-hybridized carbons (Fsp3) is 0.250. The van der Waals surface area contributed by atoms with Crippen molar-refractivity contribution in [2.45, 2.75) is 19.6 Å². The summed E-state index contributed by atoms with van der Waals surface area (Å²) in [7, 11) is 0.325. The first-order valence-electron chi connectivity index (χ1n) is 5.68. The lowest BCUT2D eigenvalue weighted by atomic mass is 10.2. The minimum Gasteiger partial charge on any atom is -0.497 e. The number of benzene rings is 1. The van der Waals surface area contributed by atoms with Gasteiger partial charge in [-0.3, -0.25) is 0 Å². The van der Waals surface area contributed by atoms with Crippen LogP contribution in [0.1, 0.15) is 5.56 Å². The maximum Gasteiger partial charge on any atom is 0.130 e. The normalized spacial score (nSPS) is 8.89. The fourth-order valence-corrected chi connectivity index (χ4v) is 1.50. The number of hydrogen-bond donors (Lipinski definition) is 0. The molecule has 0 heterocycles. The molecule has 0 aliphatic heterocycles. The maximum atomic E-state index is 5.07. The molecule has 0 saturated carbocycles. The molecule has 0 aliphatic carbocycles. The molecule has 1 rings (SSSR count). The molecule has 0 bridgehead atoms. The Morgan fingerprint density at radius 3 is 2.06 bits per heavy atom. The average Bonchev–Trinajstić information content (AvgIpc) is 2.33. The van der Waals surface area contributed by atoms with E-state index in [1.165, 1.54) is 0 Å². The van der Waals surface area contributed by atoms with Gasteiger partial charge in [-0.15, -0.1) is 5.54 Å². The third-order valence-corrected chi connectivity index (χ3v) is 2.80. The average molecular weight is 252 g/mol. The third kappa shape index (κ3) is 5.85. The lowest BCUT2D eigenvalue weighted by Crippen LogP contribution is -2.16. The molecule has 0 atom stereocenters. The van der Waals surface area contributed by atoms with Crippen molar-refractivity contribution >= 4 is 8.07 Å². The predicted molar refractivity (Wildman–Crippen MR) is 78.8 cm³/mol. The zero-order valence-corrected chi connectivity index (χ0v) is 12.2. The molecule has 18 heavy (non-hydrogen) atoms. The number of ether oxygens (including phenoxy) is 1. The summed E-state index contributed by atoms with van der Waals surface area (Å²) in [6.45, 7) is 6.56. The molecule has 0 unspecified atom stereocenters. The first-order chi connectivity index (χ1) is 8.51. The van der Waals surface area contributed by atoms with Gasteiger partial charge in [0.2, 0.25) is 0 Å². The molecular weight excluding hydrogens is 236 g/mol. The van der Waals surface area contributed by atoms with Crippen LogP contribution in [-0.4, -0.2) is 15.2 Å². The first kappa shape index (κ1) is 14.0. The van der Waals surface area contributed by atoms with Crippen molar-refractivity contribution < 1.29 is 4.74 Å². The van der Waals surface area contributed by atoms with Crippen LogP contribution in [0.2, 0.25) is 19.6 Å². The van der Waals surface area contributed by atoms with E-state index in [0.717, 1.165) is 11.3 Å². The van der Waals surface area contributed by atoms with Crippen LogP contribution in [-0.2, 0) is 0 Å². The highest BCUT2D eigenvalue weighted by Gasteiger charge is 2.06. The Bertz CT molecular complexity index is 572. The second-order valence-corrected chi connectivity index (χ2v) is 9.48. The van der Waals surface area contributed by atoms with Gasteiger partial charge in [0.05, 0.1) is 7.11 Å². The quantitative estimate of drug-likeness (QED) is 0.551. The van der Waals surface area contributed by atoms with Crippen molar-refractivity contribution in [2.75, 3.05) is 7.11 Å². The molecule has 0 aromatic heterocycles. The summed E-state index contributed by atoms with van der Waals surface area (Å²) in [5, 5.41) is 0. The van der Waals surface area contributed by atoms with Crippen molar-refractivity contribution in [3.05, 3.63) is 29.8 Å². The Labute approximate surface area is 111 Å². The SMILES string of the molecule is COc1ccc(C#CC#CC#C[Si](C)(C)C)cc1. The second-order valence-electron chi connectivity index (χ2n) is 4.73. The minimum absolute atomic E-state index is 0.827. The lowest BCUT2D eigenvalue weighted by molar-refractivity contribution is 0.415. The largest absolute Gasteiger partial charge is 0.497 e. The van der Waals surface area contributed by atoms with Crippen LogP contribution in [0.25, 0.3) is 0 Å². The highest BCUT2D eigenvalue weighted by molar-refractivity contribution is 6.83. The highest BCUT2D eigenvalue weighted by Crippen LogP contribution is 2.09. The van der Waals surface area contributed by atoms with E-state index in [9.17, 15) is 0 Å². The Morgan fingerprint density at radius 2 is 1.50 bits per heavy atom. The summed E-state index contributed by atoms with van der Waals surface area (Å²) < 4.78 is 5.07. The third-order valence-electron chi connectivity index (χ3n) is 1.92. The Hall–Kier alpha value is -2.08. The number of methoxy groups -OCH3 is 1. The van der Waals surface area contributed by atoms with E-state index < -0.39 is 8.07 Å². The number of rotatable bonds is 1. The molecular formula is C16H16OSi. The summed E-state index contributed by atoms with van der Waals surface area (Å²) in [6, 6.07) is 7.56. The summed E-state index contributed by atoms with van der Waals surface area (Å²) in [4.78, 5) is 0. The Kier molecular flexibility index (Phi) is 5.13. The molecule has 1 nitrogen and oxygen atoms in total. The summed E-state index contributed by atoms with van der Waals surface area (Å²) in [5.74, 6) is 14.9. The minimum atomic E-state index is -1.32. The van der Waals surface area contributed by atoms with Gasteiger partial charge in [-0.2, -0.15) is 0 Å². The molecule has 0 spiro atoms. The van der Waals surface area contributed by atoms with E-state index in [-0.39, 0.29) is 0 Å². The standard InChI is InChI=1S/C16H16OSi/c1-17-16-12-10-15(11-13-16)9-7-5-6-8-14-18(2,3)4/h10-13H,1-4H3. The van der Waals surface area contributed by atoms with Gasteiger partial charge in [0.1, 0.15) is 13.8 Å². The van der Waals surface area contributed by atoms with E-state index in [1.54, 1.807) is 7.11 Å². The molecule has 0 radical (unpaired) electrons. The molecule has 1 aromatic rings. The second kappa shape index (κ2) is 6.60. The van der Waals surface area contributed by atoms with Gasteiger partial charge >= 0.3 is 0 Å². The molecule has 1 aromatic carbocycles. The van der Waals surface area contributed by atoms with Crippen molar-refractivity contribution in [2.24, 2.45) is 0 Å². The van der Waals surface area contributed by atoms with Crippen LogP contribution in [0.3, 0.4) is 0 Å². The van der Waals surface area contributed by atoms with E-state index in [1.807, 2.05) is 24.3 Å². The van der Waals surface area contributed by atoms with E-state index in [4.69, 9.17) is 4.74 Å². The first-order valence-corrected chi connectivity index (χ1v) is 9.18. The zero-order chi connectivity index (χ0) is 13.4. The molecule has 0 N–H and O–H groups in total. The van der Waals surface area contributed by atoms with Gasteiger partial charge in [0.15, 0.2) is 0 Å². The van der Waals surface area contributed by atoms with Crippen LogP contribution in [0, 0.1) is 35.1 Å². The monoisotopic (exact) mass is 252 g/mol. The van der Waals surface area contributed by atoms with Gasteiger partial charge in [0.25, 0.3) is 0 Å². The smallest absolute Gasteiger partial charge is 0.130 e. The summed E-state index contributed by atoms with van der Waals surface area (Å²) >= 11 is 0. The van der Waals surface area contributed by atoms with Gasteiger partial charge in [-0.1, -0.05) is 25.6 Å². The van der Waals surface area contributed by atoms with E-state index >= 15 is 0 Å². The topological polar surface area (TPSA) is 9.23 Å². The summed E-state index contributed by atoms with van der Waals surface area (Å²) in [5.41, 5.74) is 4.09. The lowest BCUT2D eigenvalue weighted by Gasteiger charge is -2.01. The summed E-state index contributed by atoms with van der Waals surface area (Å²) in [6.07, 6.45) is 0. The molecule has 0 saturated heterocycles. The highest BCUT2D eigenvalue weighted by atomic mass is 28.3. The maximum absolute atomic E-state index is 5.07. The molecule has 0 fully saturated rings. The molecule has 0 amide bonds. The van der Waals surface area contributed by atoms with E-state index in [0.29, 0.717) is 0 Å². The van der Waals surface area contributed by atoms with Crippen molar-refractivity contribution in [1.29, 1.82) is 0 Å². The molecule has 0 aliphatic rings. The van der Waals surface area contributed by atoms with Crippen molar-refractivity contribution in [3.8, 4) is 40.9 Å². The van der Waals surface area contributed by atoms with Crippen LogP contribution >= 0.6 is 0 Å². The van der Waals surface area contributed by atoms with Crippen molar-refractivity contribution in [1.82, 2.24) is 0 Å². The van der Waals surface area contributed by atoms with Crippen molar-refractivity contribution in [3.63, 3.8) is 0 Å². The van der Waals surface area contributed by atoms with Crippen LogP contribution < -0.4 is 4.74 Å². The van der Waals surface area contributed by atoms with Gasteiger partial charge < -0.3 is 4.74 Å². The zero-order valence-electron chi connectivity index (χ0n) is 11.2. The van der Waals surface area contributed by atoms with E-state index in [2.05, 4.69) is 54.8 Å². The van der Waals surface area contributed by atoms with Crippen LogP contribution in [0.4, 0.5) is 0 Å². The van der Waals surface area contributed by atoms with Gasteiger partial charge in [0, 0.05) is 5.56 Å². The van der Waals surface area contributed by atoms with Crippen LogP contribution in [0.5, 0.6) is 5.75 Å². The number of hydrogen-bond acceptors (Lipinski definition) is 1.